The van der Waals surface area contributed by atoms with Gasteiger partial charge in [0.1, 0.15) is 17.3 Å². The molecule has 1 aliphatic rings. The number of anilines is 1. The quantitative estimate of drug-likeness (QED) is 0.667. The summed E-state index contributed by atoms with van der Waals surface area (Å²) in [5, 5.41) is 14.3. The van der Waals surface area contributed by atoms with Crippen LogP contribution in [0.15, 0.2) is 34.1 Å². The molecule has 1 aromatic carbocycles. The number of fused-ring (bicyclic) bond motifs is 2. The molecule has 1 atom stereocenters. The minimum absolute atomic E-state index is 0.0156. The zero-order valence-electron chi connectivity index (χ0n) is 15.3. The number of nitriles is 1. The van der Waals surface area contributed by atoms with E-state index in [1.165, 1.54) is 4.88 Å². The number of esters is 1. The highest BCUT2D eigenvalue weighted by Crippen LogP contribution is 2.33. The Hall–Kier alpha value is -3.11. The second-order valence-corrected chi connectivity index (χ2v) is 7.90. The maximum Gasteiger partial charge on any atom is 0.339 e. The molecule has 2 heterocycles. The molecular weight excluding hydrogens is 376 g/mol. The molecule has 0 bridgehead atoms. The Morgan fingerprint density at radius 1 is 1.39 bits per heavy atom. The standard InChI is InChI=1S/C21H18N2O4S/c1-12-6-7-13-15(11-28-18(13)8-12)21(25)26-10-19(24)23-20-14-4-2-3-5-16(14)27-17(20)9-22/h2-5,11-12H,6-8,10H2,1H3,(H,23,24). The smallest absolute Gasteiger partial charge is 0.339 e. The minimum Gasteiger partial charge on any atom is -0.452 e. The summed E-state index contributed by atoms with van der Waals surface area (Å²) in [4.78, 5) is 26.0. The number of nitrogens with zero attached hydrogens (tertiary/aromatic N) is 1. The van der Waals surface area contributed by atoms with E-state index in [1.54, 1.807) is 35.6 Å². The van der Waals surface area contributed by atoms with Gasteiger partial charge in [0, 0.05) is 15.6 Å². The number of nitrogens with one attached hydrogen (secondary N) is 1. The molecule has 4 rings (SSSR count). The fourth-order valence-corrected chi connectivity index (χ4v) is 4.71. The molecule has 0 aliphatic heterocycles. The number of thiophene rings is 1. The van der Waals surface area contributed by atoms with Gasteiger partial charge in [0.25, 0.3) is 5.91 Å². The predicted molar refractivity (Wildman–Crippen MR) is 105 cm³/mol. The van der Waals surface area contributed by atoms with E-state index >= 15 is 0 Å². The molecule has 0 fully saturated rings. The molecule has 1 amide bonds. The van der Waals surface area contributed by atoms with E-state index < -0.39 is 18.5 Å². The van der Waals surface area contributed by atoms with Gasteiger partial charge in [-0.3, -0.25) is 4.79 Å². The van der Waals surface area contributed by atoms with Crippen LogP contribution in [0.4, 0.5) is 5.69 Å². The number of hydrogen-bond donors (Lipinski definition) is 1. The molecule has 7 heteroatoms. The van der Waals surface area contributed by atoms with Gasteiger partial charge in [-0.05, 0) is 42.9 Å². The molecule has 1 unspecified atom stereocenters. The topological polar surface area (TPSA) is 92.3 Å². The normalized spacial score (nSPS) is 15.6. The predicted octanol–water partition coefficient (Wildman–Crippen LogP) is 4.29. The van der Waals surface area contributed by atoms with Crippen LogP contribution in [0.25, 0.3) is 11.0 Å². The number of carbonyl (C=O) groups excluding carboxylic acids is 2. The number of hydrogen-bond acceptors (Lipinski definition) is 6. The summed E-state index contributed by atoms with van der Waals surface area (Å²) in [5.41, 5.74) is 2.42. The van der Waals surface area contributed by atoms with Crippen LogP contribution in [0.5, 0.6) is 0 Å². The van der Waals surface area contributed by atoms with Crippen LogP contribution < -0.4 is 5.32 Å². The van der Waals surface area contributed by atoms with Crippen molar-refractivity contribution in [3.63, 3.8) is 0 Å². The Bertz CT molecular complexity index is 1110. The average molecular weight is 394 g/mol. The van der Waals surface area contributed by atoms with E-state index in [9.17, 15) is 14.9 Å². The molecule has 142 valence electrons. The van der Waals surface area contributed by atoms with Crippen LogP contribution in [0, 0.1) is 17.2 Å². The highest BCUT2D eigenvalue weighted by atomic mass is 32.1. The first-order valence-corrected chi connectivity index (χ1v) is 9.92. The first kappa shape index (κ1) is 18.3. The van der Waals surface area contributed by atoms with Crippen molar-refractivity contribution < 1.29 is 18.7 Å². The van der Waals surface area contributed by atoms with E-state index in [-0.39, 0.29) is 5.76 Å². The SMILES string of the molecule is CC1CCc2c(C(=O)OCC(=O)Nc3c(C#N)oc4ccccc34)csc2C1. The highest BCUT2D eigenvalue weighted by molar-refractivity contribution is 7.10. The van der Waals surface area contributed by atoms with Crippen LogP contribution >= 0.6 is 11.3 Å². The van der Waals surface area contributed by atoms with Crippen LogP contribution in [-0.4, -0.2) is 18.5 Å². The van der Waals surface area contributed by atoms with Gasteiger partial charge < -0.3 is 14.5 Å². The van der Waals surface area contributed by atoms with Crippen LogP contribution in [0.2, 0.25) is 0 Å². The summed E-state index contributed by atoms with van der Waals surface area (Å²) >= 11 is 1.58. The highest BCUT2D eigenvalue weighted by Gasteiger charge is 2.24. The summed E-state index contributed by atoms with van der Waals surface area (Å²) in [6.07, 6.45) is 2.90. The zero-order valence-corrected chi connectivity index (χ0v) is 16.1. The molecule has 3 aromatic rings. The van der Waals surface area contributed by atoms with E-state index in [0.29, 0.717) is 28.1 Å². The number of amides is 1. The molecule has 1 aliphatic carbocycles. The molecule has 28 heavy (non-hydrogen) atoms. The van der Waals surface area contributed by atoms with Gasteiger partial charge in [-0.25, -0.2) is 4.79 Å². The first-order chi connectivity index (χ1) is 13.6. The van der Waals surface area contributed by atoms with Gasteiger partial charge in [0.2, 0.25) is 5.76 Å². The maximum atomic E-state index is 12.4. The summed E-state index contributed by atoms with van der Waals surface area (Å²) in [7, 11) is 0. The third-order valence-corrected chi connectivity index (χ3v) is 5.97. The van der Waals surface area contributed by atoms with Gasteiger partial charge in [-0.2, -0.15) is 5.26 Å². The lowest BCUT2D eigenvalue weighted by Gasteiger charge is -2.18. The van der Waals surface area contributed by atoms with Crippen LogP contribution in [-0.2, 0) is 22.4 Å². The third kappa shape index (κ3) is 3.39. The van der Waals surface area contributed by atoms with Gasteiger partial charge >= 0.3 is 5.97 Å². The number of ether oxygens (including phenoxy) is 1. The van der Waals surface area contributed by atoms with E-state index in [0.717, 1.165) is 24.8 Å². The monoisotopic (exact) mass is 394 g/mol. The second-order valence-electron chi connectivity index (χ2n) is 6.94. The Kier molecular flexibility index (Phi) is 4.88. The van der Waals surface area contributed by atoms with E-state index in [2.05, 4.69) is 12.2 Å². The molecule has 0 saturated carbocycles. The number of carbonyl (C=O) groups is 2. The van der Waals surface area contributed by atoms with Crippen molar-refractivity contribution in [2.45, 2.75) is 26.2 Å². The second kappa shape index (κ2) is 7.49. The fourth-order valence-electron chi connectivity index (χ4n) is 3.48. The molecule has 1 N–H and O–H groups in total. The summed E-state index contributed by atoms with van der Waals surface area (Å²) in [6.45, 7) is 1.78. The van der Waals surface area contributed by atoms with Gasteiger partial charge in [-0.1, -0.05) is 19.1 Å². The lowest BCUT2D eigenvalue weighted by atomic mass is 9.88. The van der Waals surface area contributed by atoms with Crippen molar-refractivity contribution >= 4 is 39.9 Å². The molecule has 6 nitrogen and oxygen atoms in total. The van der Waals surface area contributed by atoms with Crippen molar-refractivity contribution in [3.8, 4) is 6.07 Å². The van der Waals surface area contributed by atoms with Crippen molar-refractivity contribution in [2.75, 3.05) is 11.9 Å². The van der Waals surface area contributed by atoms with Crippen molar-refractivity contribution in [3.05, 3.63) is 51.4 Å². The van der Waals surface area contributed by atoms with Gasteiger partial charge in [0.05, 0.1) is 5.56 Å². The van der Waals surface area contributed by atoms with Crippen molar-refractivity contribution in [1.29, 1.82) is 5.26 Å². The van der Waals surface area contributed by atoms with Crippen LogP contribution in [0.1, 0.15) is 39.9 Å². The van der Waals surface area contributed by atoms with Gasteiger partial charge in [-0.15, -0.1) is 11.3 Å². The minimum atomic E-state index is -0.519. The Morgan fingerprint density at radius 2 is 2.21 bits per heavy atom. The van der Waals surface area contributed by atoms with Crippen molar-refractivity contribution in [2.24, 2.45) is 5.92 Å². The number of benzene rings is 1. The fraction of sp³-hybridized carbons (Fsp3) is 0.286. The third-order valence-electron chi connectivity index (χ3n) is 4.92. The Morgan fingerprint density at radius 3 is 3.04 bits per heavy atom. The molecule has 0 radical (unpaired) electrons. The molecule has 0 saturated heterocycles. The molecule has 0 spiro atoms. The first-order valence-electron chi connectivity index (χ1n) is 9.04. The number of rotatable bonds is 4. The molecule has 2 aromatic heterocycles. The van der Waals surface area contributed by atoms with Crippen molar-refractivity contribution in [1.82, 2.24) is 0 Å². The van der Waals surface area contributed by atoms with E-state index in [4.69, 9.17) is 9.15 Å². The van der Waals surface area contributed by atoms with E-state index in [1.807, 2.05) is 11.4 Å². The lowest BCUT2D eigenvalue weighted by molar-refractivity contribution is -0.119. The summed E-state index contributed by atoms with van der Waals surface area (Å²) in [6, 6.07) is 8.96. The lowest BCUT2D eigenvalue weighted by Crippen LogP contribution is -2.22. The largest absolute Gasteiger partial charge is 0.452 e. The maximum absolute atomic E-state index is 12.4. The number of para-hydroxylation sites is 1. The summed E-state index contributed by atoms with van der Waals surface area (Å²) in [5.74, 6) is -0.365. The number of furan rings is 1. The summed E-state index contributed by atoms with van der Waals surface area (Å²) < 4.78 is 10.6. The average Bonchev–Trinajstić information content (AvgIpc) is 3.27. The van der Waals surface area contributed by atoms with Crippen LogP contribution in [0.3, 0.4) is 0 Å². The van der Waals surface area contributed by atoms with Gasteiger partial charge in [0.15, 0.2) is 6.61 Å². The molecular formula is C21H18N2O4S. The Balaban J connectivity index is 1.43. The zero-order chi connectivity index (χ0) is 19.7. The Labute approximate surface area is 165 Å².